The smallest absolute Gasteiger partial charge is 0.197 e. The van der Waals surface area contributed by atoms with Gasteiger partial charge in [0.1, 0.15) is 7.91 Å². The molecule has 0 bridgehead atoms. The number of hydrogen-bond donors (Lipinski definition) is 1. The van der Waals surface area contributed by atoms with Gasteiger partial charge in [0.2, 0.25) is 0 Å². The Morgan fingerprint density at radius 3 is 2.50 bits per heavy atom. The van der Waals surface area contributed by atoms with Crippen LogP contribution in [0.15, 0.2) is 0 Å². The maximum atomic E-state index is 9.15. The van der Waals surface area contributed by atoms with E-state index in [-0.39, 0.29) is 5.75 Å². The Morgan fingerprint density at radius 2 is 2.30 bits per heavy atom. The molecule has 5 heteroatoms. The minimum atomic E-state index is 0.115. The number of halogens is 2. The molecule has 0 aliphatic carbocycles. The summed E-state index contributed by atoms with van der Waals surface area (Å²) in [7, 11) is 1.52. The fourth-order valence-electron chi connectivity index (χ4n) is 0.489. The van der Waals surface area contributed by atoms with Crippen LogP contribution < -0.4 is 4.74 Å². The molecule has 0 aliphatic heterocycles. The van der Waals surface area contributed by atoms with E-state index >= 15 is 0 Å². The average Bonchev–Trinajstić information content (AvgIpc) is 2.17. The van der Waals surface area contributed by atoms with Gasteiger partial charge in [0.25, 0.3) is 0 Å². The van der Waals surface area contributed by atoms with Crippen molar-refractivity contribution in [3.8, 4) is 10.8 Å². The second-order valence-electron chi connectivity index (χ2n) is 1.53. The molecule has 10 heavy (non-hydrogen) atoms. The van der Waals surface area contributed by atoms with E-state index in [2.05, 4.69) is 0 Å². The first kappa shape index (κ1) is 8.42. The van der Waals surface area contributed by atoms with Crippen LogP contribution in [-0.2, 0) is 0 Å². The number of ether oxygens (including phenoxy) is 1. The van der Waals surface area contributed by atoms with Gasteiger partial charge < -0.3 is 9.84 Å². The van der Waals surface area contributed by atoms with Gasteiger partial charge in [-0.25, -0.2) is 0 Å². The zero-order chi connectivity index (χ0) is 7.72. The quantitative estimate of drug-likeness (QED) is 0.806. The minimum absolute atomic E-state index is 0.115. The lowest BCUT2D eigenvalue weighted by atomic mass is 10.6. The fraction of sp³-hybridized carbons (Fsp3) is 0.200. The number of hydrogen-bond acceptors (Lipinski definition) is 3. The van der Waals surface area contributed by atoms with Crippen molar-refractivity contribution in [3.05, 3.63) is 7.91 Å². The third-order valence-electron chi connectivity index (χ3n) is 0.941. The molecule has 0 atom stereocenters. The largest absolute Gasteiger partial charge is 0.504 e. The molecule has 0 fully saturated rings. The summed E-state index contributed by atoms with van der Waals surface area (Å²) in [4.78, 5) is 0. The summed E-state index contributed by atoms with van der Waals surface area (Å²) >= 11 is 8.97. The molecule has 0 amide bonds. The summed E-state index contributed by atoms with van der Waals surface area (Å²) in [6.45, 7) is 0. The van der Waals surface area contributed by atoms with Crippen molar-refractivity contribution in [3.63, 3.8) is 0 Å². The summed E-state index contributed by atoms with van der Waals surface area (Å²) in [5.41, 5.74) is 0. The molecule has 1 aromatic rings. The van der Waals surface area contributed by atoms with Crippen LogP contribution in [0.2, 0.25) is 5.02 Å². The van der Waals surface area contributed by atoms with Crippen molar-refractivity contribution in [2.24, 2.45) is 0 Å². The summed E-state index contributed by atoms with van der Waals surface area (Å²) in [6, 6.07) is 0. The van der Waals surface area contributed by atoms with Crippen LogP contribution in [0.25, 0.3) is 0 Å². The van der Waals surface area contributed by atoms with Crippen LogP contribution >= 0.6 is 45.5 Å². The molecule has 0 aromatic carbocycles. The van der Waals surface area contributed by atoms with E-state index < -0.39 is 0 Å². The highest BCUT2D eigenvalue weighted by atomic mass is 127. The maximum Gasteiger partial charge on any atom is 0.197 e. The minimum Gasteiger partial charge on any atom is -0.504 e. The zero-order valence-corrected chi connectivity index (χ0v) is 8.75. The Balaban J connectivity index is 3.17. The molecule has 1 rings (SSSR count). The molecular weight excluding hydrogens is 286 g/mol. The van der Waals surface area contributed by atoms with E-state index in [4.69, 9.17) is 21.4 Å². The molecule has 0 radical (unpaired) electrons. The highest BCUT2D eigenvalue weighted by Gasteiger charge is 2.13. The standard InChI is InChI=1S/C5H4ClIO2S/c1-9-5-2(6)3(8)4(7)10-5/h8H,1H3. The van der Waals surface area contributed by atoms with Crippen molar-refractivity contribution < 1.29 is 9.84 Å². The predicted octanol–water partition coefficient (Wildman–Crippen LogP) is 2.72. The highest BCUT2D eigenvalue weighted by molar-refractivity contribution is 14.1. The Hall–Kier alpha value is 0.320. The molecule has 1 heterocycles. The van der Waals surface area contributed by atoms with Crippen molar-refractivity contribution in [2.45, 2.75) is 0 Å². The molecule has 0 saturated heterocycles. The molecule has 0 unspecified atom stereocenters. The van der Waals surface area contributed by atoms with Crippen LogP contribution in [0.4, 0.5) is 0 Å². The Kier molecular flexibility index (Phi) is 2.65. The third kappa shape index (κ3) is 1.33. The molecule has 0 spiro atoms. The van der Waals surface area contributed by atoms with Crippen LogP contribution in [0.5, 0.6) is 10.8 Å². The number of aromatic hydroxyl groups is 1. The average molecular weight is 291 g/mol. The van der Waals surface area contributed by atoms with E-state index in [0.29, 0.717) is 10.1 Å². The van der Waals surface area contributed by atoms with Crippen LogP contribution in [0.1, 0.15) is 0 Å². The molecular formula is C5H4ClIO2S. The SMILES string of the molecule is COc1sc(I)c(O)c1Cl. The third-order valence-corrected chi connectivity index (χ3v) is 3.50. The lowest BCUT2D eigenvalue weighted by Gasteiger charge is -1.91. The number of methoxy groups -OCH3 is 1. The van der Waals surface area contributed by atoms with Gasteiger partial charge in [-0.3, -0.25) is 0 Å². The van der Waals surface area contributed by atoms with Gasteiger partial charge in [-0.2, -0.15) is 0 Å². The van der Waals surface area contributed by atoms with E-state index in [0.717, 1.165) is 2.88 Å². The van der Waals surface area contributed by atoms with E-state index in [1.54, 1.807) is 0 Å². The Morgan fingerprint density at radius 1 is 1.70 bits per heavy atom. The van der Waals surface area contributed by atoms with Crippen molar-refractivity contribution >= 4 is 45.5 Å². The first-order valence-electron chi connectivity index (χ1n) is 2.37. The fourth-order valence-corrected chi connectivity index (χ4v) is 2.49. The van der Waals surface area contributed by atoms with Crippen LogP contribution in [-0.4, -0.2) is 12.2 Å². The topological polar surface area (TPSA) is 29.5 Å². The molecule has 0 saturated carbocycles. The van der Waals surface area contributed by atoms with Gasteiger partial charge >= 0.3 is 0 Å². The molecule has 56 valence electrons. The summed E-state index contributed by atoms with van der Waals surface area (Å²) in [6.07, 6.45) is 0. The monoisotopic (exact) mass is 290 g/mol. The van der Waals surface area contributed by atoms with Gasteiger partial charge in [0.15, 0.2) is 10.8 Å². The van der Waals surface area contributed by atoms with Crippen molar-refractivity contribution in [1.82, 2.24) is 0 Å². The molecule has 1 N–H and O–H groups in total. The first-order valence-corrected chi connectivity index (χ1v) is 4.65. The second-order valence-corrected chi connectivity index (χ2v) is 4.70. The van der Waals surface area contributed by atoms with E-state index in [1.165, 1.54) is 18.4 Å². The molecule has 2 nitrogen and oxygen atoms in total. The van der Waals surface area contributed by atoms with E-state index in [9.17, 15) is 0 Å². The number of rotatable bonds is 1. The second kappa shape index (κ2) is 3.15. The number of thiophene rings is 1. The van der Waals surface area contributed by atoms with Crippen molar-refractivity contribution in [2.75, 3.05) is 7.11 Å². The van der Waals surface area contributed by atoms with Crippen LogP contribution in [0.3, 0.4) is 0 Å². The first-order chi connectivity index (χ1) is 4.66. The molecule has 1 aromatic heterocycles. The van der Waals surface area contributed by atoms with Gasteiger partial charge in [-0.1, -0.05) is 22.9 Å². The van der Waals surface area contributed by atoms with Crippen LogP contribution in [0, 0.1) is 2.88 Å². The van der Waals surface area contributed by atoms with Gasteiger partial charge in [-0.05, 0) is 22.6 Å². The maximum absolute atomic E-state index is 9.15. The Bertz CT molecular complexity index is 248. The van der Waals surface area contributed by atoms with Gasteiger partial charge in [-0.15, -0.1) is 0 Å². The van der Waals surface area contributed by atoms with Crippen molar-refractivity contribution in [1.29, 1.82) is 0 Å². The summed E-state index contributed by atoms with van der Waals surface area (Å²) in [5.74, 6) is 0.115. The lowest BCUT2D eigenvalue weighted by Crippen LogP contribution is -1.75. The predicted molar refractivity (Wildman–Crippen MR) is 50.3 cm³/mol. The van der Waals surface area contributed by atoms with Gasteiger partial charge in [0, 0.05) is 0 Å². The zero-order valence-electron chi connectivity index (χ0n) is 5.02. The lowest BCUT2D eigenvalue weighted by molar-refractivity contribution is 0.422. The normalized spacial score (nSPS) is 9.90. The van der Waals surface area contributed by atoms with Gasteiger partial charge in [0.05, 0.1) is 7.11 Å². The molecule has 0 aliphatic rings. The summed E-state index contributed by atoms with van der Waals surface area (Å²) in [5, 5.41) is 10.0. The Labute approximate surface area is 80.9 Å². The highest BCUT2D eigenvalue weighted by Crippen LogP contribution is 2.44. The van der Waals surface area contributed by atoms with E-state index in [1.807, 2.05) is 22.6 Å². The summed E-state index contributed by atoms with van der Waals surface area (Å²) < 4.78 is 5.62.